The van der Waals surface area contributed by atoms with E-state index in [4.69, 9.17) is 0 Å². The summed E-state index contributed by atoms with van der Waals surface area (Å²) in [5, 5.41) is 16.5. The van der Waals surface area contributed by atoms with Gasteiger partial charge in [0, 0.05) is 12.6 Å². The van der Waals surface area contributed by atoms with Crippen molar-refractivity contribution in [1.82, 2.24) is 10.6 Å². The molecule has 0 aliphatic heterocycles. The highest BCUT2D eigenvalue weighted by Crippen LogP contribution is 2.07. The molecule has 80 valence electrons. The van der Waals surface area contributed by atoms with Gasteiger partial charge in [-0.15, -0.1) is 0 Å². The molecular formula is C10H24N2O. The van der Waals surface area contributed by atoms with Crippen LogP contribution in [-0.4, -0.2) is 36.4 Å². The zero-order valence-electron chi connectivity index (χ0n) is 9.35. The summed E-state index contributed by atoms with van der Waals surface area (Å²) in [6, 6.07) is 0.127. The molecule has 3 heteroatoms. The van der Waals surface area contributed by atoms with Gasteiger partial charge in [-0.1, -0.05) is 13.8 Å². The van der Waals surface area contributed by atoms with Crippen molar-refractivity contribution in [2.75, 3.05) is 19.6 Å². The summed E-state index contributed by atoms with van der Waals surface area (Å²) < 4.78 is 0. The van der Waals surface area contributed by atoms with Gasteiger partial charge in [-0.25, -0.2) is 0 Å². The average Bonchev–Trinajstić information content (AvgIpc) is 2.05. The van der Waals surface area contributed by atoms with Gasteiger partial charge in [0.15, 0.2) is 0 Å². The first-order valence-corrected chi connectivity index (χ1v) is 5.21. The molecule has 0 bridgehead atoms. The van der Waals surface area contributed by atoms with Gasteiger partial charge in [-0.05, 0) is 33.4 Å². The number of hydrogen-bond acceptors (Lipinski definition) is 3. The van der Waals surface area contributed by atoms with Crippen LogP contribution in [0.3, 0.4) is 0 Å². The van der Waals surface area contributed by atoms with E-state index >= 15 is 0 Å². The molecule has 0 aliphatic rings. The largest absolute Gasteiger partial charge is 0.387 e. The summed E-state index contributed by atoms with van der Waals surface area (Å²) in [4.78, 5) is 0. The lowest BCUT2D eigenvalue weighted by Gasteiger charge is -2.31. The molecule has 0 saturated heterocycles. The Morgan fingerprint density at radius 3 is 2.46 bits per heavy atom. The zero-order chi connectivity index (χ0) is 10.3. The second-order valence-corrected chi connectivity index (χ2v) is 3.81. The van der Waals surface area contributed by atoms with E-state index in [1.54, 1.807) is 0 Å². The van der Waals surface area contributed by atoms with Gasteiger partial charge in [0.1, 0.15) is 0 Å². The Kier molecular flexibility index (Phi) is 6.29. The molecule has 0 aromatic heterocycles. The number of likely N-dealkylation sites (N-methyl/N-ethyl adjacent to an activating group) is 1. The minimum Gasteiger partial charge on any atom is -0.387 e. The van der Waals surface area contributed by atoms with E-state index in [1.807, 2.05) is 20.8 Å². The lowest BCUT2D eigenvalue weighted by atomic mass is 9.98. The van der Waals surface area contributed by atoms with Crippen LogP contribution in [0, 0.1) is 0 Å². The molecule has 0 fully saturated rings. The van der Waals surface area contributed by atoms with Gasteiger partial charge in [-0.3, -0.25) is 0 Å². The molecule has 0 saturated carbocycles. The topological polar surface area (TPSA) is 44.3 Å². The first kappa shape index (κ1) is 12.9. The Balaban J connectivity index is 3.76. The van der Waals surface area contributed by atoms with Crippen molar-refractivity contribution in [2.45, 2.75) is 45.8 Å². The van der Waals surface area contributed by atoms with E-state index in [2.05, 4.69) is 17.6 Å². The van der Waals surface area contributed by atoms with E-state index in [1.165, 1.54) is 0 Å². The summed E-state index contributed by atoms with van der Waals surface area (Å²) in [6.45, 7) is 10.6. The third kappa shape index (κ3) is 5.24. The van der Waals surface area contributed by atoms with Crippen LogP contribution in [0.4, 0.5) is 0 Å². The first-order chi connectivity index (χ1) is 6.04. The smallest absolute Gasteiger partial charge is 0.0892 e. The quantitative estimate of drug-likeness (QED) is 0.516. The van der Waals surface area contributed by atoms with Crippen molar-refractivity contribution < 1.29 is 5.11 Å². The highest BCUT2D eigenvalue weighted by molar-refractivity contribution is 4.86. The van der Waals surface area contributed by atoms with Crippen molar-refractivity contribution in [3.63, 3.8) is 0 Å². The molecule has 2 atom stereocenters. The van der Waals surface area contributed by atoms with Gasteiger partial charge >= 0.3 is 0 Å². The van der Waals surface area contributed by atoms with E-state index in [0.717, 1.165) is 19.5 Å². The third-order valence-electron chi connectivity index (χ3n) is 2.35. The molecule has 0 amide bonds. The highest BCUT2D eigenvalue weighted by Gasteiger charge is 2.26. The standard InChI is InChI=1S/C10H24N2O/c1-5-7-11-8-10(4,13)9(3)12-6-2/h9,11-13H,5-8H2,1-4H3. The van der Waals surface area contributed by atoms with Gasteiger partial charge in [0.05, 0.1) is 5.60 Å². The summed E-state index contributed by atoms with van der Waals surface area (Å²) >= 11 is 0. The van der Waals surface area contributed by atoms with Crippen molar-refractivity contribution in [1.29, 1.82) is 0 Å². The van der Waals surface area contributed by atoms with E-state index in [0.29, 0.717) is 6.54 Å². The summed E-state index contributed by atoms with van der Waals surface area (Å²) in [5.41, 5.74) is -0.662. The van der Waals surface area contributed by atoms with Crippen LogP contribution in [0.25, 0.3) is 0 Å². The van der Waals surface area contributed by atoms with Crippen molar-refractivity contribution in [3.05, 3.63) is 0 Å². The van der Waals surface area contributed by atoms with Gasteiger partial charge < -0.3 is 15.7 Å². The van der Waals surface area contributed by atoms with Crippen LogP contribution in [0.2, 0.25) is 0 Å². The summed E-state index contributed by atoms with van der Waals surface area (Å²) in [7, 11) is 0. The van der Waals surface area contributed by atoms with E-state index < -0.39 is 5.60 Å². The molecule has 0 heterocycles. The Labute approximate surface area is 81.9 Å². The SMILES string of the molecule is CCCNCC(C)(O)C(C)NCC. The maximum absolute atomic E-state index is 10.0. The second kappa shape index (κ2) is 6.35. The van der Waals surface area contributed by atoms with Crippen LogP contribution in [0.1, 0.15) is 34.1 Å². The van der Waals surface area contributed by atoms with Crippen LogP contribution < -0.4 is 10.6 Å². The minimum absolute atomic E-state index is 0.127. The molecule has 0 radical (unpaired) electrons. The first-order valence-electron chi connectivity index (χ1n) is 5.21. The van der Waals surface area contributed by atoms with Crippen molar-refractivity contribution >= 4 is 0 Å². The predicted molar refractivity (Wildman–Crippen MR) is 56.9 cm³/mol. The zero-order valence-corrected chi connectivity index (χ0v) is 9.35. The maximum atomic E-state index is 10.0. The number of nitrogens with one attached hydrogen (secondary N) is 2. The molecular weight excluding hydrogens is 164 g/mol. The van der Waals surface area contributed by atoms with Gasteiger partial charge in [0.2, 0.25) is 0 Å². The van der Waals surface area contributed by atoms with Gasteiger partial charge in [-0.2, -0.15) is 0 Å². The number of hydrogen-bond donors (Lipinski definition) is 3. The Bertz CT molecular complexity index is 126. The molecule has 0 aliphatic carbocycles. The summed E-state index contributed by atoms with van der Waals surface area (Å²) in [5.74, 6) is 0. The van der Waals surface area contributed by atoms with E-state index in [9.17, 15) is 5.11 Å². The summed E-state index contributed by atoms with van der Waals surface area (Å²) in [6.07, 6.45) is 1.10. The van der Waals surface area contributed by atoms with Crippen LogP contribution in [-0.2, 0) is 0 Å². The lowest BCUT2D eigenvalue weighted by molar-refractivity contribution is 0.0267. The Hall–Kier alpha value is -0.120. The molecule has 3 nitrogen and oxygen atoms in total. The molecule has 13 heavy (non-hydrogen) atoms. The van der Waals surface area contributed by atoms with Crippen LogP contribution in [0.15, 0.2) is 0 Å². The molecule has 3 N–H and O–H groups in total. The Morgan fingerprint density at radius 1 is 1.38 bits per heavy atom. The number of aliphatic hydroxyl groups is 1. The molecule has 0 aromatic rings. The normalized spacial score (nSPS) is 18.2. The predicted octanol–water partition coefficient (Wildman–Crippen LogP) is 0.735. The fourth-order valence-electron chi connectivity index (χ4n) is 1.20. The second-order valence-electron chi connectivity index (χ2n) is 3.81. The van der Waals surface area contributed by atoms with Crippen LogP contribution in [0.5, 0.6) is 0 Å². The lowest BCUT2D eigenvalue weighted by Crippen LogP contribution is -2.52. The maximum Gasteiger partial charge on any atom is 0.0892 e. The monoisotopic (exact) mass is 188 g/mol. The van der Waals surface area contributed by atoms with Crippen molar-refractivity contribution in [2.24, 2.45) is 0 Å². The molecule has 0 rings (SSSR count). The van der Waals surface area contributed by atoms with E-state index in [-0.39, 0.29) is 6.04 Å². The average molecular weight is 188 g/mol. The molecule has 0 aromatic carbocycles. The fraction of sp³-hybridized carbons (Fsp3) is 1.00. The Morgan fingerprint density at radius 2 is 2.00 bits per heavy atom. The van der Waals surface area contributed by atoms with Gasteiger partial charge in [0.25, 0.3) is 0 Å². The number of rotatable bonds is 7. The third-order valence-corrected chi connectivity index (χ3v) is 2.35. The highest BCUT2D eigenvalue weighted by atomic mass is 16.3. The fourth-order valence-corrected chi connectivity index (χ4v) is 1.20. The van der Waals surface area contributed by atoms with Crippen molar-refractivity contribution in [3.8, 4) is 0 Å². The molecule has 2 unspecified atom stereocenters. The minimum atomic E-state index is -0.662. The molecule has 0 spiro atoms. The van der Waals surface area contributed by atoms with Crippen LogP contribution >= 0.6 is 0 Å².